The molecule has 0 N–H and O–H groups in total. The summed E-state index contributed by atoms with van der Waals surface area (Å²) in [7, 11) is 0. The minimum atomic E-state index is -0.589. The van der Waals surface area contributed by atoms with Crippen LogP contribution >= 0.6 is 0 Å². The summed E-state index contributed by atoms with van der Waals surface area (Å²) in [4.78, 5) is 31.4. The third-order valence-corrected chi connectivity index (χ3v) is 18.5. The van der Waals surface area contributed by atoms with Gasteiger partial charge in [-0.2, -0.15) is 0 Å². The monoisotopic (exact) mass is 1090 g/mol. The number of hydrogen-bond acceptors (Lipinski definition) is 6. The summed E-state index contributed by atoms with van der Waals surface area (Å²) in [6.07, 6.45) is 0. The van der Waals surface area contributed by atoms with E-state index in [0.717, 1.165) is 50.1 Å². The lowest BCUT2D eigenvalue weighted by atomic mass is 9.70. The van der Waals surface area contributed by atoms with Gasteiger partial charge in [-0.15, -0.1) is 0 Å². The van der Waals surface area contributed by atoms with Crippen LogP contribution in [0.1, 0.15) is 44.5 Å². The molecule has 18 rings (SSSR count). The standard InChI is InChI=1S/C80H48N6/c1-4-21-50(22-5-1)73-81-74(51-23-6-2-7-24-51)84-77(83-73)55-43-45-60-58-29-12-17-35-66(58)80(71(60)48-55)67-36-18-13-30-59(67)63-47-54(44-46-69(63)80)49-39-41-53(42-40-49)76-82-75(52-25-8-3-9-26-52)85-78(86-76)62-32-20-38-70-72(62)61-31-14-19-37-68(61)79(70)64-33-15-10-27-56(64)57-28-11-16-34-65(57)79/h1-48H. The minimum Gasteiger partial charge on any atom is -0.208 e. The molecule has 2 heterocycles. The van der Waals surface area contributed by atoms with Gasteiger partial charge in [0, 0.05) is 33.4 Å². The van der Waals surface area contributed by atoms with Crippen LogP contribution in [0.25, 0.3) is 124 Å². The predicted molar refractivity (Wildman–Crippen MR) is 344 cm³/mol. The molecule has 14 aromatic rings. The number of fused-ring (bicyclic) bond motifs is 20. The van der Waals surface area contributed by atoms with Crippen LogP contribution in [0.4, 0.5) is 0 Å². The van der Waals surface area contributed by atoms with Crippen LogP contribution in [-0.2, 0) is 10.8 Å². The molecule has 2 aromatic heterocycles. The Balaban J connectivity index is 0.754. The van der Waals surface area contributed by atoms with E-state index in [1.165, 1.54) is 83.5 Å². The quantitative estimate of drug-likeness (QED) is 0.158. The molecule has 1 atom stereocenters. The molecular formula is C80H48N6. The molecule has 0 saturated carbocycles. The zero-order valence-corrected chi connectivity index (χ0v) is 46.4. The van der Waals surface area contributed by atoms with E-state index in [1.54, 1.807) is 0 Å². The fourth-order valence-electron chi connectivity index (χ4n) is 14.9. The summed E-state index contributed by atoms with van der Waals surface area (Å²) >= 11 is 0. The zero-order valence-electron chi connectivity index (χ0n) is 46.4. The maximum absolute atomic E-state index is 5.43. The molecule has 4 aliphatic carbocycles. The second-order valence-electron chi connectivity index (χ2n) is 22.8. The topological polar surface area (TPSA) is 77.3 Å². The first kappa shape index (κ1) is 48.2. The lowest BCUT2D eigenvalue weighted by Crippen LogP contribution is -2.25. The van der Waals surface area contributed by atoms with E-state index in [0.29, 0.717) is 34.9 Å². The first-order valence-electron chi connectivity index (χ1n) is 29.3. The van der Waals surface area contributed by atoms with Crippen LogP contribution in [0.15, 0.2) is 291 Å². The van der Waals surface area contributed by atoms with Crippen molar-refractivity contribution in [3.63, 3.8) is 0 Å². The van der Waals surface area contributed by atoms with Gasteiger partial charge in [0.05, 0.1) is 10.8 Å². The number of hydrogen-bond donors (Lipinski definition) is 0. The van der Waals surface area contributed by atoms with Gasteiger partial charge in [0.2, 0.25) is 0 Å². The number of nitrogens with zero attached hydrogens (tertiary/aromatic N) is 6. The van der Waals surface area contributed by atoms with Gasteiger partial charge in [0.15, 0.2) is 34.9 Å². The summed E-state index contributed by atoms with van der Waals surface area (Å²) in [6.45, 7) is 0. The summed E-state index contributed by atoms with van der Waals surface area (Å²) in [5, 5.41) is 0. The molecule has 6 heteroatoms. The summed E-state index contributed by atoms with van der Waals surface area (Å²) in [5.74, 6) is 3.78. The molecule has 4 aliphatic rings. The first-order valence-corrected chi connectivity index (χ1v) is 29.3. The van der Waals surface area contributed by atoms with Crippen molar-refractivity contribution in [3.05, 3.63) is 336 Å². The van der Waals surface area contributed by atoms with Crippen molar-refractivity contribution >= 4 is 0 Å². The maximum atomic E-state index is 5.43. The van der Waals surface area contributed by atoms with E-state index in [9.17, 15) is 0 Å². The molecule has 12 aromatic carbocycles. The molecule has 0 radical (unpaired) electrons. The number of aromatic nitrogens is 6. The second-order valence-corrected chi connectivity index (χ2v) is 22.8. The van der Waals surface area contributed by atoms with Gasteiger partial charge >= 0.3 is 0 Å². The Labute approximate surface area is 497 Å². The number of rotatable bonds is 7. The lowest BCUT2D eigenvalue weighted by Gasteiger charge is -2.30. The Morgan fingerprint density at radius 1 is 0.163 bits per heavy atom. The van der Waals surface area contributed by atoms with Crippen molar-refractivity contribution in [2.24, 2.45) is 0 Å². The van der Waals surface area contributed by atoms with E-state index in [1.807, 2.05) is 54.6 Å². The van der Waals surface area contributed by atoms with Crippen LogP contribution in [0.3, 0.4) is 0 Å². The first-order chi connectivity index (χ1) is 42.6. The fourth-order valence-corrected chi connectivity index (χ4v) is 14.9. The van der Waals surface area contributed by atoms with Gasteiger partial charge in [0.1, 0.15) is 0 Å². The van der Waals surface area contributed by atoms with Crippen LogP contribution in [-0.4, -0.2) is 29.9 Å². The molecule has 86 heavy (non-hydrogen) atoms. The van der Waals surface area contributed by atoms with Crippen LogP contribution in [0, 0.1) is 0 Å². The van der Waals surface area contributed by atoms with Crippen LogP contribution < -0.4 is 0 Å². The van der Waals surface area contributed by atoms with Crippen molar-refractivity contribution in [1.82, 2.24) is 29.9 Å². The highest BCUT2D eigenvalue weighted by Gasteiger charge is 2.53. The van der Waals surface area contributed by atoms with Crippen molar-refractivity contribution in [3.8, 4) is 124 Å². The molecule has 2 spiro atoms. The van der Waals surface area contributed by atoms with Crippen molar-refractivity contribution in [1.29, 1.82) is 0 Å². The lowest BCUT2D eigenvalue weighted by molar-refractivity contribution is 0.794. The molecule has 0 fully saturated rings. The highest BCUT2D eigenvalue weighted by molar-refractivity contribution is 6.00. The van der Waals surface area contributed by atoms with Crippen molar-refractivity contribution in [2.75, 3.05) is 0 Å². The fraction of sp³-hybridized carbons (Fsp3) is 0.0250. The average Bonchev–Trinajstić information content (AvgIpc) is 1.57. The van der Waals surface area contributed by atoms with E-state index in [-0.39, 0.29) is 0 Å². The SMILES string of the molecule is c1ccc(-c2nc(-c3ccccc3)nc(-c3ccc4c(c3)C3(c5ccccc5-c5cc(-c6ccc(-c7nc(-c8ccccc8)nc(-c8cccc9c8-c8ccccc8C98c9ccccc9-c9ccccc98)n7)cc6)ccc53)c3ccccc3-4)n2)cc1. The Kier molecular flexibility index (Phi) is 10.4. The highest BCUT2D eigenvalue weighted by atomic mass is 15.0. The van der Waals surface area contributed by atoms with Gasteiger partial charge in [-0.25, -0.2) is 29.9 Å². The molecule has 1 unspecified atom stereocenters. The van der Waals surface area contributed by atoms with Gasteiger partial charge in [-0.05, 0) is 112 Å². The Bertz CT molecular complexity index is 5010. The normalized spacial score (nSPS) is 14.7. The maximum Gasteiger partial charge on any atom is 0.164 e. The van der Waals surface area contributed by atoms with Crippen LogP contribution in [0.5, 0.6) is 0 Å². The zero-order chi connectivity index (χ0) is 56.5. The predicted octanol–water partition coefficient (Wildman–Crippen LogP) is 18.4. The Morgan fingerprint density at radius 2 is 0.477 bits per heavy atom. The van der Waals surface area contributed by atoms with Gasteiger partial charge in [-0.1, -0.05) is 279 Å². The molecule has 398 valence electrons. The van der Waals surface area contributed by atoms with Gasteiger partial charge in [0.25, 0.3) is 0 Å². The molecule has 0 bridgehead atoms. The summed E-state index contributed by atoms with van der Waals surface area (Å²) < 4.78 is 0. The minimum absolute atomic E-state index is 0.490. The molecule has 6 nitrogen and oxygen atoms in total. The summed E-state index contributed by atoms with van der Waals surface area (Å²) in [6, 6.07) is 105. The van der Waals surface area contributed by atoms with Gasteiger partial charge < -0.3 is 0 Å². The van der Waals surface area contributed by atoms with E-state index in [4.69, 9.17) is 29.9 Å². The van der Waals surface area contributed by atoms with Crippen molar-refractivity contribution in [2.45, 2.75) is 10.8 Å². The highest BCUT2D eigenvalue weighted by Crippen LogP contribution is 2.65. The van der Waals surface area contributed by atoms with Gasteiger partial charge in [-0.3, -0.25) is 0 Å². The smallest absolute Gasteiger partial charge is 0.164 e. The molecule has 0 amide bonds. The Morgan fingerprint density at radius 3 is 0.977 bits per heavy atom. The average molecular weight is 1090 g/mol. The molecular weight excluding hydrogens is 1040 g/mol. The largest absolute Gasteiger partial charge is 0.208 e. The summed E-state index contributed by atoms with van der Waals surface area (Å²) in [5.41, 5.74) is 26.7. The van der Waals surface area contributed by atoms with E-state index >= 15 is 0 Å². The number of benzene rings is 12. The van der Waals surface area contributed by atoms with Crippen LogP contribution in [0.2, 0.25) is 0 Å². The third-order valence-electron chi connectivity index (χ3n) is 18.5. The molecule has 0 saturated heterocycles. The third kappa shape index (κ3) is 6.83. The Hall–Kier alpha value is -11.3. The van der Waals surface area contributed by atoms with E-state index < -0.39 is 10.8 Å². The van der Waals surface area contributed by atoms with Crippen molar-refractivity contribution < 1.29 is 0 Å². The van der Waals surface area contributed by atoms with E-state index in [2.05, 4.69) is 237 Å². The molecule has 0 aliphatic heterocycles. The second kappa shape index (κ2) is 18.6.